The predicted octanol–water partition coefficient (Wildman–Crippen LogP) is 2.47. The molecule has 0 saturated carbocycles. The van der Waals surface area contributed by atoms with Crippen molar-refractivity contribution in [3.8, 4) is 0 Å². The van der Waals surface area contributed by atoms with Gasteiger partial charge in [0.05, 0.1) is 6.10 Å². The summed E-state index contributed by atoms with van der Waals surface area (Å²) in [6.07, 6.45) is 6.27. The first-order valence-electron chi connectivity index (χ1n) is 7.22. The van der Waals surface area contributed by atoms with Crippen molar-refractivity contribution in [1.82, 2.24) is 0 Å². The van der Waals surface area contributed by atoms with Gasteiger partial charge in [-0.1, -0.05) is 18.2 Å². The van der Waals surface area contributed by atoms with E-state index in [0.717, 1.165) is 19.4 Å². The van der Waals surface area contributed by atoms with Gasteiger partial charge in [0.25, 0.3) is 0 Å². The third-order valence-electron chi connectivity index (χ3n) is 4.62. The Morgan fingerprint density at radius 3 is 2.94 bits per heavy atom. The first kappa shape index (κ1) is 12.2. The van der Waals surface area contributed by atoms with Gasteiger partial charge in [0.1, 0.15) is 0 Å². The molecule has 98 valence electrons. The third kappa shape index (κ3) is 2.32. The lowest BCUT2D eigenvalue weighted by atomic mass is 9.89. The average molecular weight is 245 g/mol. The van der Waals surface area contributed by atoms with Crippen LogP contribution in [0.15, 0.2) is 18.2 Å². The summed E-state index contributed by atoms with van der Waals surface area (Å²) in [5.74, 6) is 0.526. The quantitative estimate of drug-likeness (QED) is 0.888. The van der Waals surface area contributed by atoms with E-state index in [4.69, 9.17) is 10.5 Å². The van der Waals surface area contributed by atoms with Gasteiger partial charge < -0.3 is 10.5 Å². The maximum atomic E-state index is 6.37. The molecule has 1 aliphatic heterocycles. The van der Waals surface area contributed by atoms with Gasteiger partial charge in [0, 0.05) is 18.6 Å². The summed E-state index contributed by atoms with van der Waals surface area (Å²) in [6, 6.07) is 7.19. The van der Waals surface area contributed by atoms with Crippen LogP contribution in [0.25, 0.3) is 0 Å². The van der Waals surface area contributed by atoms with Gasteiger partial charge in [-0.15, -0.1) is 0 Å². The minimum atomic E-state index is 0.238. The van der Waals surface area contributed by atoms with Gasteiger partial charge in [0.15, 0.2) is 0 Å². The zero-order valence-corrected chi connectivity index (χ0v) is 11.2. The van der Waals surface area contributed by atoms with Crippen molar-refractivity contribution in [1.29, 1.82) is 0 Å². The Balaban J connectivity index is 1.68. The number of ether oxygens (including phenoxy) is 1. The first-order valence-corrected chi connectivity index (χ1v) is 7.22. The number of aryl methyl sites for hydroxylation is 2. The molecule has 1 aromatic carbocycles. The maximum absolute atomic E-state index is 6.37. The maximum Gasteiger partial charge on any atom is 0.0590 e. The van der Waals surface area contributed by atoms with Gasteiger partial charge in [-0.05, 0) is 55.7 Å². The van der Waals surface area contributed by atoms with Gasteiger partial charge >= 0.3 is 0 Å². The van der Waals surface area contributed by atoms with E-state index >= 15 is 0 Å². The Hall–Kier alpha value is -0.860. The third-order valence-corrected chi connectivity index (χ3v) is 4.62. The monoisotopic (exact) mass is 245 g/mol. The van der Waals surface area contributed by atoms with E-state index in [9.17, 15) is 0 Å². The minimum Gasteiger partial charge on any atom is -0.378 e. The molecule has 0 bridgehead atoms. The summed E-state index contributed by atoms with van der Waals surface area (Å²) in [7, 11) is 0. The normalized spacial score (nSPS) is 28.3. The van der Waals surface area contributed by atoms with Crippen LogP contribution in [0.5, 0.6) is 0 Å². The number of nitrogens with two attached hydrogens (primary N) is 1. The lowest BCUT2D eigenvalue weighted by Crippen LogP contribution is -2.36. The fourth-order valence-corrected chi connectivity index (χ4v) is 3.49. The van der Waals surface area contributed by atoms with Crippen molar-refractivity contribution in [3.05, 3.63) is 34.9 Å². The highest BCUT2D eigenvalue weighted by Crippen LogP contribution is 2.27. The van der Waals surface area contributed by atoms with Crippen molar-refractivity contribution in [3.63, 3.8) is 0 Å². The van der Waals surface area contributed by atoms with Gasteiger partial charge in [-0.25, -0.2) is 0 Å². The molecule has 0 spiro atoms. The predicted molar refractivity (Wildman–Crippen MR) is 73.7 cm³/mol. The number of benzene rings is 1. The van der Waals surface area contributed by atoms with Gasteiger partial charge in [-0.3, -0.25) is 0 Å². The van der Waals surface area contributed by atoms with E-state index in [-0.39, 0.29) is 6.04 Å². The topological polar surface area (TPSA) is 35.2 Å². The summed E-state index contributed by atoms with van der Waals surface area (Å²) >= 11 is 0. The van der Waals surface area contributed by atoms with Crippen LogP contribution in [-0.4, -0.2) is 18.8 Å². The summed E-state index contributed by atoms with van der Waals surface area (Å²) in [5, 5.41) is 0. The lowest BCUT2D eigenvalue weighted by molar-refractivity contribution is 0.0995. The largest absolute Gasteiger partial charge is 0.378 e. The van der Waals surface area contributed by atoms with Crippen molar-refractivity contribution in [2.24, 2.45) is 11.7 Å². The summed E-state index contributed by atoms with van der Waals surface area (Å²) in [6.45, 7) is 3.03. The number of fused-ring (bicyclic) bond motifs is 1. The SMILES string of the molecule is CC1OCCC1C(N)Cc1ccc2c(c1)CCC2. The summed E-state index contributed by atoms with van der Waals surface area (Å²) < 4.78 is 5.62. The molecule has 0 radical (unpaired) electrons. The molecular formula is C16H23NO. The summed E-state index contributed by atoms with van der Waals surface area (Å²) in [5.41, 5.74) is 10.9. The van der Waals surface area contributed by atoms with E-state index in [1.807, 2.05) is 0 Å². The van der Waals surface area contributed by atoms with Gasteiger partial charge in [-0.2, -0.15) is 0 Å². The fourth-order valence-electron chi connectivity index (χ4n) is 3.49. The van der Waals surface area contributed by atoms with E-state index in [1.54, 1.807) is 11.1 Å². The van der Waals surface area contributed by atoms with Crippen LogP contribution in [0, 0.1) is 5.92 Å². The molecule has 3 unspecified atom stereocenters. The number of hydrogen-bond acceptors (Lipinski definition) is 2. The van der Waals surface area contributed by atoms with E-state index in [1.165, 1.54) is 24.8 Å². The van der Waals surface area contributed by atoms with E-state index < -0.39 is 0 Å². The Kier molecular flexibility index (Phi) is 3.40. The molecule has 18 heavy (non-hydrogen) atoms. The first-order chi connectivity index (χ1) is 8.74. The standard InChI is InChI=1S/C16H23NO/c1-11-15(7-8-18-11)16(17)10-12-5-6-13-3-2-4-14(13)9-12/h5-6,9,11,15-16H,2-4,7-8,10,17H2,1H3. The Morgan fingerprint density at radius 2 is 2.17 bits per heavy atom. The van der Waals surface area contributed by atoms with Crippen LogP contribution >= 0.6 is 0 Å². The molecule has 2 nitrogen and oxygen atoms in total. The molecule has 1 aliphatic carbocycles. The Labute approximate surface area is 110 Å². The van der Waals surface area contributed by atoms with E-state index in [2.05, 4.69) is 25.1 Å². The minimum absolute atomic E-state index is 0.238. The lowest BCUT2D eigenvalue weighted by Gasteiger charge is -2.22. The molecule has 3 atom stereocenters. The fraction of sp³-hybridized carbons (Fsp3) is 0.625. The smallest absolute Gasteiger partial charge is 0.0590 e. The van der Waals surface area contributed by atoms with Crippen LogP contribution in [0.3, 0.4) is 0 Å². The molecule has 1 saturated heterocycles. The molecular weight excluding hydrogens is 222 g/mol. The van der Waals surface area contributed by atoms with Crippen LogP contribution < -0.4 is 5.73 Å². The van der Waals surface area contributed by atoms with Crippen molar-refractivity contribution in [2.75, 3.05) is 6.61 Å². The Morgan fingerprint density at radius 1 is 1.33 bits per heavy atom. The van der Waals surface area contributed by atoms with Gasteiger partial charge in [0.2, 0.25) is 0 Å². The second-order valence-corrected chi connectivity index (χ2v) is 5.85. The molecule has 0 aromatic heterocycles. The molecule has 2 heteroatoms. The molecule has 2 N–H and O–H groups in total. The highest BCUT2D eigenvalue weighted by Gasteiger charge is 2.29. The number of hydrogen-bond donors (Lipinski definition) is 1. The number of rotatable bonds is 3. The zero-order valence-electron chi connectivity index (χ0n) is 11.2. The highest BCUT2D eigenvalue weighted by molar-refractivity contribution is 5.35. The average Bonchev–Trinajstić information content (AvgIpc) is 2.96. The molecule has 3 rings (SSSR count). The molecule has 0 amide bonds. The molecule has 1 aromatic rings. The molecule has 1 fully saturated rings. The highest BCUT2D eigenvalue weighted by atomic mass is 16.5. The van der Waals surface area contributed by atoms with Crippen molar-refractivity contribution in [2.45, 2.75) is 51.2 Å². The zero-order chi connectivity index (χ0) is 12.5. The van der Waals surface area contributed by atoms with Crippen LogP contribution in [0.1, 0.15) is 36.5 Å². The molecule has 2 aliphatic rings. The van der Waals surface area contributed by atoms with Crippen LogP contribution in [0.2, 0.25) is 0 Å². The second kappa shape index (κ2) is 5.02. The van der Waals surface area contributed by atoms with Crippen LogP contribution in [0.4, 0.5) is 0 Å². The van der Waals surface area contributed by atoms with Crippen molar-refractivity contribution < 1.29 is 4.74 Å². The van der Waals surface area contributed by atoms with Crippen molar-refractivity contribution >= 4 is 0 Å². The Bertz CT molecular complexity index is 429. The van der Waals surface area contributed by atoms with E-state index in [0.29, 0.717) is 12.0 Å². The second-order valence-electron chi connectivity index (χ2n) is 5.85. The summed E-state index contributed by atoms with van der Waals surface area (Å²) in [4.78, 5) is 0. The molecule has 1 heterocycles. The van der Waals surface area contributed by atoms with Crippen LogP contribution in [-0.2, 0) is 24.0 Å².